The average Bonchev–Trinajstić information content (AvgIpc) is 2.57. The van der Waals surface area contributed by atoms with E-state index in [1.165, 1.54) is 11.1 Å². The van der Waals surface area contributed by atoms with Crippen molar-refractivity contribution < 1.29 is 14.6 Å². The van der Waals surface area contributed by atoms with Gasteiger partial charge in [-0.25, -0.2) is 0 Å². The molecule has 0 heterocycles. The van der Waals surface area contributed by atoms with E-state index < -0.39 is 0 Å². The Hall–Kier alpha value is -1.84. The van der Waals surface area contributed by atoms with E-state index in [0.717, 1.165) is 5.75 Å². The van der Waals surface area contributed by atoms with Gasteiger partial charge in [-0.2, -0.15) is 0 Å². The lowest BCUT2D eigenvalue weighted by atomic mass is 9.78. The summed E-state index contributed by atoms with van der Waals surface area (Å²) in [5.74, 6) is 0.781. The van der Waals surface area contributed by atoms with Crippen molar-refractivity contribution in [3.05, 3.63) is 65.7 Å². The molecule has 0 bridgehead atoms. The first kappa shape index (κ1) is 16.5. The van der Waals surface area contributed by atoms with E-state index in [1.54, 1.807) is 7.11 Å². The van der Waals surface area contributed by atoms with Crippen LogP contribution in [-0.2, 0) is 10.2 Å². The van der Waals surface area contributed by atoms with Crippen LogP contribution in [0.3, 0.4) is 0 Å². The molecule has 1 atom stereocenters. The van der Waals surface area contributed by atoms with E-state index in [2.05, 4.69) is 50.2 Å². The van der Waals surface area contributed by atoms with Gasteiger partial charge in [-0.05, 0) is 23.3 Å². The van der Waals surface area contributed by atoms with Crippen LogP contribution in [0.25, 0.3) is 0 Å². The molecule has 3 nitrogen and oxygen atoms in total. The van der Waals surface area contributed by atoms with Crippen molar-refractivity contribution in [1.82, 2.24) is 0 Å². The van der Waals surface area contributed by atoms with E-state index in [9.17, 15) is 0 Å². The minimum atomic E-state index is -0.291. The topological polar surface area (TPSA) is 38.7 Å². The Morgan fingerprint density at radius 2 is 1.55 bits per heavy atom. The van der Waals surface area contributed by atoms with Crippen LogP contribution in [0.2, 0.25) is 0 Å². The Morgan fingerprint density at radius 1 is 0.955 bits per heavy atom. The Morgan fingerprint density at radius 3 is 2.09 bits per heavy atom. The van der Waals surface area contributed by atoms with Crippen LogP contribution in [0.15, 0.2) is 54.6 Å². The Kier molecular flexibility index (Phi) is 5.58. The van der Waals surface area contributed by atoms with Gasteiger partial charge in [0.2, 0.25) is 0 Å². The molecule has 0 aromatic heterocycles. The van der Waals surface area contributed by atoms with Crippen LogP contribution in [0.1, 0.15) is 25.0 Å². The average molecular weight is 300 g/mol. The summed E-state index contributed by atoms with van der Waals surface area (Å²) in [6, 6.07) is 18.6. The highest BCUT2D eigenvalue weighted by atomic mass is 16.5. The molecule has 0 aliphatic carbocycles. The molecule has 2 aromatic carbocycles. The zero-order valence-electron chi connectivity index (χ0n) is 13.5. The zero-order valence-corrected chi connectivity index (χ0v) is 13.5. The van der Waals surface area contributed by atoms with Crippen molar-refractivity contribution in [3.8, 4) is 5.75 Å². The molecular formula is C19H24O3. The van der Waals surface area contributed by atoms with Crippen LogP contribution in [0.4, 0.5) is 0 Å². The minimum absolute atomic E-state index is 0.0460. The highest BCUT2D eigenvalue weighted by molar-refractivity contribution is 5.39. The number of hydrogen-bond donors (Lipinski definition) is 1. The van der Waals surface area contributed by atoms with Gasteiger partial charge in [-0.3, -0.25) is 0 Å². The largest absolute Gasteiger partial charge is 0.491 e. The molecular weight excluding hydrogens is 276 g/mol. The maximum Gasteiger partial charge on any atom is 0.119 e. The first-order valence-corrected chi connectivity index (χ1v) is 7.50. The quantitative estimate of drug-likeness (QED) is 0.852. The van der Waals surface area contributed by atoms with Gasteiger partial charge in [0.25, 0.3) is 0 Å². The van der Waals surface area contributed by atoms with Crippen molar-refractivity contribution in [1.29, 1.82) is 0 Å². The van der Waals surface area contributed by atoms with Crippen LogP contribution < -0.4 is 4.74 Å². The summed E-state index contributed by atoms with van der Waals surface area (Å²) in [5, 5.41) is 9.08. The highest BCUT2D eigenvalue weighted by Crippen LogP contribution is 2.32. The van der Waals surface area contributed by atoms with E-state index in [4.69, 9.17) is 14.6 Å². The molecule has 0 saturated heterocycles. The van der Waals surface area contributed by atoms with Crippen molar-refractivity contribution in [2.45, 2.75) is 25.4 Å². The first-order chi connectivity index (χ1) is 10.6. The summed E-state index contributed by atoms with van der Waals surface area (Å²) in [4.78, 5) is 0. The number of rotatable bonds is 7. The van der Waals surface area contributed by atoms with Crippen LogP contribution >= 0.6 is 0 Å². The van der Waals surface area contributed by atoms with Gasteiger partial charge >= 0.3 is 0 Å². The molecule has 1 unspecified atom stereocenters. The lowest BCUT2D eigenvalue weighted by Gasteiger charge is -2.26. The lowest BCUT2D eigenvalue weighted by molar-refractivity contribution is 0.0164. The zero-order chi connectivity index (χ0) is 16.0. The van der Waals surface area contributed by atoms with Gasteiger partial charge in [0.1, 0.15) is 18.5 Å². The summed E-state index contributed by atoms with van der Waals surface area (Å²) in [5.41, 5.74) is 2.46. The smallest absolute Gasteiger partial charge is 0.119 e. The fourth-order valence-electron chi connectivity index (χ4n) is 2.37. The fourth-order valence-corrected chi connectivity index (χ4v) is 2.37. The molecule has 0 fully saturated rings. The van der Waals surface area contributed by atoms with Crippen molar-refractivity contribution in [2.75, 3.05) is 20.3 Å². The van der Waals surface area contributed by atoms with E-state index >= 15 is 0 Å². The first-order valence-electron chi connectivity index (χ1n) is 7.50. The van der Waals surface area contributed by atoms with Gasteiger partial charge < -0.3 is 14.6 Å². The molecule has 1 N–H and O–H groups in total. The minimum Gasteiger partial charge on any atom is -0.491 e. The summed E-state index contributed by atoms with van der Waals surface area (Å²) >= 11 is 0. The monoisotopic (exact) mass is 300 g/mol. The van der Waals surface area contributed by atoms with Crippen molar-refractivity contribution in [3.63, 3.8) is 0 Å². The Balaban J connectivity index is 2.08. The fraction of sp³-hybridized carbons (Fsp3) is 0.368. The Bertz CT molecular complexity index is 557. The molecule has 0 radical (unpaired) electrons. The SMILES string of the molecule is COC(CO)COc1ccc(C(C)(C)c2ccccc2)cc1. The number of methoxy groups -OCH3 is 1. The number of hydrogen-bond acceptors (Lipinski definition) is 3. The standard InChI is InChI=1S/C19H24O3/c1-19(2,15-7-5-4-6-8-15)16-9-11-17(12-10-16)22-14-18(13-20)21-3/h4-12,18,20H,13-14H2,1-3H3. The van der Waals surface area contributed by atoms with Crippen LogP contribution in [0.5, 0.6) is 5.75 Å². The number of ether oxygens (including phenoxy) is 2. The van der Waals surface area contributed by atoms with Gasteiger partial charge in [-0.15, -0.1) is 0 Å². The number of aliphatic hydroxyl groups excluding tert-OH is 1. The summed E-state index contributed by atoms with van der Waals surface area (Å²) in [6.07, 6.45) is -0.291. The normalized spacial score (nSPS) is 12.9. The van der Waals surface area contributed by atoms with Gasteiger partial charge in [0.05, 0.1) is 6.61 Å². The molecule has 0 aliphatic heterocycles. The van der Waals surface area contributed by atoms with Gasteiger partial charge in [0, 0.05) is 12.5 Å². The molecule has 0 saturated carbocycles. The van der Waals surface area contributed by atoms with Crippen LogP contribution in [0, 0.1) is 0 Å². The third-order valence-corrected chi connectivity index (χ3v) is 4.04. The summed E-state index contributed by atoms with van der Waals surface area (Å²) in [7, 11) is 1.57. The highest BCUT2D eigenvalue weighted by Gasteiger charge is 2.22. The predicted molar refractivity (Wildman–Crippen MR) is 88.4 cm³/mol. The predicted octanol–water partition coefficient (Wildman–Crippen LogP) is 3.40. The second kappa shape index (κ2) is 7.43. The molecule has 2 rings (SSSR count). The van der Waals surface area contributed by atoms with Gasteiger partial charge in [-0.1, -0.05) is 56.3 Å². The summed E-state index contributed by atoms with van der Waals surface area (Å²) < 4.78 is 10.7. The van der Waals surface area contributed by atoms with Gasteiger partial charge in [0.15, 0.2) is 0 Å². The number of benzene rings is 2. The molecule has 0 spiro atoms. The lowest BCUT2D eigenvalue weighted by Crippen LogP contribution is -2.24. The van der Waals surface area contributed by atoms with Crippen molar-refractivity contribution >= 4 is 0 Å². The van der Waals surface area contributed by atoms with E-state index in [-0.39, 0.29) is 18.1 Å². The molecule has 2 aromatic rings. The molecule has 22 heavy (non-hydrogen) atoms. The van der Waals surface area contributed by atoms with E-state index in [0.29, 0.717) is 6.61 Å². The van der Waals surface area contributed by atoms with Crippen LogP contribution in [-0.4, -0.2) is 31.5 Å². The van der Waals surface area contributed by atoms with E-state index in [1.807, 2.05) is 18.2 Å². The maximum absolute atomic E-state index is 9.08. The molecule has 0 aliphatic rings. The molecule has 3 heteroatoms. The van der Waals surface area contributed by atoms with Crippen molar-refractivity contribution in [2.24, 2.45) is 0 Å². The third-order valence-electron chi connectivity index (χ3n) is 4.04. The second-order valence-corrected chi connectivity index (χ2v) is 5.87. The third kappa shape index (κ3) is 3.87. The second-order valence-electron chi connectivity index (χ2n) is 5.87. The molecule has 118 valence electrons. The molecule has 0 amide bonds. The maximum atomic E-state index is 9.08. The summed E-state index contributed by atoms with van der Waals surface area (Å²) in [6.45, 7) is 4.72. The Labute approximate surface area is 132 Å². The number of aliphatic hydroxyl groups is 1.